The number of nitrogens with zero attached hydrogens (tertiary/aromatic N) is 1. The molecule has 0 spiro atoms. The van der Waals surface area contributed by atoms with Gasteiger partial charge in [-0.3, -0.25) is 14.9 Å². The van der Waals surface area contributed by atoms with E-state index in [1.165, 1.54) is 12.1 Å². The highest BCUT2D eigenvalue weighted by molar-refractivity contribution is 6.01. The van der Waals surface area contributed by atoms with Crippen LogP contribution in [0.15, 0.2) is 12.1 Å². The van der Waals surface area contributed by atoms with Crippen LogP contribution in [-0.4, -0.2) is 22.9 Å². The summed E-state index contributed by atoms with van der Waals surface area (Å²) in [5.74, 6) is -0.470. The third-order valence-electron chi connectivity index (χ3n) is 2.45. The van der Waals surface area contributed by atoms with Gasteiger partial charge in [-0.1, -0.05) is 0 Å². The summed E-state index contributed by atoms with van der Waals surface area (Å²) in [5.41, 5.74) is 11.1. The van der Waals surface area contributed by atoms with Crippen molar-refractivity contribution < 1.29 is 9.72 Å². The third kappa shape index (κ3) is 4.67. The molecule has 0 aromatic heterocycles. The molecule has 0 bridgehead atoms. The number of anilines is 1. The van der Waals surface area contributed by atoms with E-state index in [2.05, 4.69) is 5.32 Å². The van der Waals surface area contributed by atoms with Gasteiger partial charge in [0.2, 0.25) is 0 Å². The number of nitro groups is 1. The van der Waals surface area contributed by atoms with Gasteiger partial charge in [0.05, 0.1) is 10.5 Å². The minimum atomic E-state index is -0.605. The molecule has 0 atom stereocenters. The molecule has 5 N–H and O–H groups in total. The molecule has 20 heavy (non-hydrogen) atoms. The summed E-state index contributed by atoms with van der Waals surface area (Å²) < 4.78 is 0. The van der Waals surface area contributed by atoms with Crippen LogP contribution in [0.3, 0.4) is 0 Å². The van der Waals surface area contributed by atoms with Crippen molar-refractivity contribution in [3.63, 3.8) is 0 Å². The molecule has 0 aliphatic carbocycles. The summed E-state index contributed by atoms with van der Waals surface area (Å²) in [6.45, 7) is 5.42. The maximum absolute atomic E-state index is 12.0. The zero-order valence-corrected chi connectivity index (χ0v) is 12.4. The maximum Gasteiger partial charge on any atom is 0.293 e. The Morgan fingerprint density at radius 2 is 2.00 bits per heavy atom. The fourth-order valence-electron chi connectivity index (χ4n) is 1.52. The highest BCUT2D eigenvalue weighted by Gasteiger charge is 2.21. The molecule has 0 aliphatic heterocycles. The van der Waals surface area contributed by atoms with Crippen molar-refractivity contribution in [2.75, 3.05) is 12.3 Å². The summed E-state index contributed by atoms with van der Waals surface area (Å²) in [4.78, 5) is 22.2. The zero-order chi connectivity index (χ0) is 14.8. The van der Waals surface area contributed by atoms with Crippen LogP contribution >= 0.6 is 12.4 Å². The smallest absolute Gasteiger partial charge is 0.293 e. The van der Waals surface area contributed by atoms with E-state index in [4.69, 9.17) is 11.5 Å². The van der Waals surface area contributed by atoms with Gasteiger partial charge in [0.15, 0.2) is 0 Å². The lowest BCUT2D eigenvalue weighted by atomic mass is 10.1. The van der Waals surface area contributed by atoms with Gasteiger partial charge >= 0.3 is 0 Å². The van der Waals surface area contributed by atoms with E-state index in [1.807, 2.05) is 0 Å². The first-order valence-corrected chi connectivity index (χ1v) is 5.73. The van der Waals surface area contributed by atoms with Gasteiger partial charge in [-0.05, 0) is 32.4 Å². The van der Waals surface area contributed by atoms with Crippen LogP contribution in [0.2, 0.25) is 0 Å². The molecule has 1 aromatic carbocycles. The standard InChI is InChI=1S/C12H18N4O3.ClH/c1-7-4-8(10(13)9(5-7)16(18)19)11(17)15-6-12(2,3)14;/h4-5H,6,13-14H2,1-3H3,(H,15,17);1H. The second kappa shape index (κ2) is 6.53. The SMILES string of the molecule is Cc1cc(C(=O)NCC(C)(C)N)c(N)c([N+](=O)[O-])c1.Cl. The summed E-state index contributed by atoms with van der Waals surface area (Å²) in [5, 5.41) is 13.4. The highest BCUT2D eigenvalue weighted by Crippen LogP contribution is 2.26. The van der Waals surface area contributed by atoms with Crippen LogP contribution in [0.1, 0.15) is 29.8 Å². The second-order valence-corrected chi connectivity index (χ2v) is 5.17. The number of benzene rings is 1. The fraction of sp³-hybridized carbons (Fsp3) is 0.417. The van der Waals surface area contributed by atoms with Crippen LogP contribution in [0.4, 0.5) is 11.4 Å². The third-order valence-corrected chi connectivity index (χ3v) is 2.45. The normalized spacial score (nSPS) is 10.6. The molecule has 0 radical (unpaired) electrons. The van der Waals surface area contributed by atoms with E-state index in [1.54, 1.807) is 20.8 Å². The summed E-state index contributed by atoms with van der Waals surface area (Å²) in [6.07, 6.45) is 0. The lowest BCUT2D eigenvalue weighted by molar-refractivity contribution is -0.384. The first-order chi connectivity index (χ1) is 8.61. The van der Waals surface area contributed by atoms with Crippen molar-refractivity contribution in [1.29, 1.82) is 0 Å². The largest absolute Gasteiger partial charge is 0.393 e. The van der Waals surface area contributed by atoms with Gasteiger partial charge in [0.25, 0.3) is 11.6 Å². The van der Waals surface area contributed by atoms with E-state index in [0.29, 0.717) is 5.56 Å². The lowest BCUT2D eigenvalue weighted by Gasteiger charge is -2.19. The Labute approximate surface area is 123 Å². The summed E-state index contributed by atoms with van der Waals surface area (Å²) >= 11 is 0. The number of halogens is 1. The fourth-order valence-corrected chi connectivity index (χ4v) is 1.52. The molecule has 112 valence electrons. The number of carbonyl (C=O) groups excluding carboxylic acids is 1. The Bertz CT molecular complexity index is 526. The molecule has 0 unspecified atom stereocenters. The van der Waals surface area contributed by atoms with E-state index < -0.39 is 16.4 Å². The van der Waals surface area contributed by atoms with Crippen LogP contribution in [-0.2, 0) is 0 Å². The van der Waals surface area contributed by atoms with Crippen LogP contribution in [0, 0.1) is 17.0 Å². The number of hydrogen-bond donors (Lipinski definition) is 3. The van der Waals surface area contributed by atoms with Crippen molar-refractivity contribution in [2.45, 2.75) is 26.3 Å². The van der Waals surface area contributed by atoms with Gasteiger partial charge in [-0.2, -0.15) is 0 Å². The van der Waals surface area contributed by atoms with Crippen LogP contribution < -0.4 is 16.8 Å². The molecule has 0 aliphatic rings. The van der Waals surface area contributed by atoms with E-state index in [-0.39, 0.29) is 35.9 Å². The number of nitro benzene ring substituents is 1. The molecule has 1 aromatic rings. The van der Waals surface area contributed by atoms with Gasteiger partial charge in [-0.25, -0.2) is 0 Å². The molecule has 0 saturated heterocycles. The predicted octanol–water partition coefficient (Wildman–Crippen LogP) is 1.37. The average Bonchev–Trinajstić information content (AvgIpc) is 2.27. The summed E-state index contributed by atoms with van der Waals surface area (Å²) in [7, 11) is 0. The first kappa shape index (κ1) is 18.1. The lowest BCUT2D eigenvalue weighted by Crippen LogP contribution is -2.45. The molecule has 1 amide bonds. The monoisotopic (exact) mass is 302 g/mol. The number of aryl methyl sites for hydroxylation is 1. The van der Waals surface area contributed by atoms with Gasteiger partial charge < -0.3 is 16.8 Å². The molecule has 0 saturated carbocycles. The van der Waals surface area contributed by atoms with Crippen molar-refractivity contribution in [2.24, 2.45) is 5.73 Å². The van der Waals surface area contributed by atoms with Gasteiger partial charge in [-0.15, -0.1) is 12.4 Å². The van der Waals surface area contributed by atoms with Gasteiger partial charge in [0.1, 0.15) is 5.69 Å². The number of hydrogen-bond acceptors (Lipinski definition) is 5. The summed E-state index contributed by atoms with van der Waals surface area (Å²) in [6, 6.07) is 2.85. The van der Waals surface area contributed by atoms with Crippen molar-refractivity contribution in [1.82, 2.24) is 5.32 Å². The Morgan fingerprint density at radius 3 is 2.45 bits per heavy atom. The van der Waals surface area contributed by atoms with E-state index in [9.17, 15) is 14.9 Å². The first-order valence-electron chi connectivity index (χ1n) is 5.73. The minimum absolute atomic E-state index is 0. The number of nitrogens with two attached hydrogens (primary N) is 2. The van der Waals surface area contributed by atoms with Crippen LogP contribution in [0.25, 0.3) is 0 Å². The Hall–Kier alpha value is -1.86. The van der Waals surface area contributed by atoms with E-state index in [0.717, 1.165) is 0 Å². The van der Waals surface area contributed by atoms with Crippen molar-refractivity contribution >= 4 is 29.7 Å². The number of nitrogen functional groups attached to an aromatic ring is 1. The molecule has 1 rings (SSSR count). The molecular formula is C12H19ClN4O3. The number of nitrogens with one attached hydrogen (secondary N) is 1. The molecule has 0 fully saturated rings. The molecular weight excluding hydrogens is 284 g/mol. The average molecular weight is 303 g/mol. The predicted molar refractivity (Wildman–Crippen MR) is 80.1 cm³/mol. The zero-order valence-electron chi connectivity index (χ0n) is 11.6. The number of carbonyl (C=O) groups is 1. The molecule has 7 nitrogen and oxygen atoms in total. The van der Waals surface area contributed by atoms with Crippen molar-refractivity contribution in [3.8, 4) is 0 Å². The number of amides is 1. The topological polar surface area (TPSA) is 124 Å². The second-order valence-electron chi connectivity index (χ2n) is 5.17. The van der Waals surface area contributed by atoms with Crippen LogP contribution in [0.5, 0.6) is 0 Å². The maximum atomic E-state index is 12.0. The molecule has 0 heterocycles. The molecule has 8 heteroatoms. The minimum Gasteiger partial charge on any atom is -0.393 e. The highest BCUT2D eigenvalue weighted by atomic mass is 35.5. The Balaban J connectivity index is 0.00000361. The quantitative estimate of drug-likeness (QED) is 0.440. The van der Waals surface area contributed by atoms with E-state index >= 15 is 0 Å². The Kier molecular flexibility index (Phi) is 5.93. The van der Waals surface area contributed by atoms with Gasteiger partial charge in [0, 0.05) is 18.2 Å². The van der Waals surface area contributed by atoms with Crippen molar-refractivity contribution in [3.05, 3.63) is 33.4 Å². The Morgan fingerprint density at radius 1 is 1.45 bits per heavy atom. The number of rotatable bonds is 4.